The zero-order valence-corrected chi connectivity index (χ0v) is 16.7. The number of morpholine rings is 1. The Balaban J connectivity index is 1.50. The number of para-hydroxylation sites is 1. The Kier molecular flexibility index (Phi) is 5.57. The number of aromatic nitrogens is 4. The molecule has 1 saturated heterocycles. The average Bonchev–Trinajstić information content (AvgIpc) is 3.17. The van der Waals surface area contributed by atoms with E-state index < -0.39 is 20.6 Å². The molecule has 0 bridgehead atoms. The van der Waals surface area contributed by atoms with E-state index in [4.69, 9.17) is 4.74 Å². The predicted molar refractivity (Wildman–Crippen MR) is 107 cm³/mol. The Morgan fingerprint density at radius 3 is 2.73 bits per heavy atom. The maximum absolute atomic E-state index is 12.5. The Morgan fingerprint density at radius 2 is 1.97 bits per heavy atom. The molecule has 1 aromatic carbocycles. The highest BCUT2D eigenvalue weighted by Crippen LogP contribution is 2.24. The molecular formula is C17H19N7O5S. The molecule has 0 unspecified atom stereocenters. The second-order valence-corrected chi connectivity index (χ2v) is 8.26. The molecular weight excluding hydrogens is 414 g/mol. The van der Waals surface area contributed by atoms with Gasteiger partial charge < -0.3 is 9.64 Å². The number of hydrogen-bond acceptors (Lipinski definition) is 9. The molecule has 13 heteroatoms. The van der Waals surface area contributed by atoms with E-state index >= 15 is 0 Å². The normalized spacial score (nSPS) is 14.9. The maximum atomic E-state index is 12.5. The third-order valence-corrected chi connectivity index (χ3v) is 6.20. The van der Waals surface area contributed by atoms with Crippen molar-refractivity contribution in [1.29, 1.82) is 0 Å². The van der Waals surface area contributed by atoms with Gasteiger partial charge in [0.25, 0.3) is 5.69 Å². The monoisotopic (exact) mass is 433 g/mol. The molecule has 158 valence electrons. The summed E-state index contributed by atoms with van der Waals surface area (Å²) in [6.45, 7) is 2.85. The van der Waals surface area contributed by atoms with E-state index in [-0.39, 0.29) is 18.0 Å². The number of hydrogen-bond donors (Lipinski definition) is 1. The summed E-state index contributed by atoms with van der Waals surface area (Å²) in [6.07, 6.45) is 3.10. The van der Waals surface area contributed by atoms with Crippen LogP contribution in [0.5, 0.6) is 0 Å². The number of ether oxygens (including phenoxy) is 1. The highest BCUT2D eigenvalue weighted by Gasteiger charge is 2.25. The van der Waals surface area contributed by atoms with E-state index in [2.05, 4.69) is 24.7 Å². The third kappa shape index (κ3) is 3.94. The van der Waals surface area contributed by atoms with Crippen molar-refractivity contribution >= 4 is 32.6 Å². The number of benzene rings is 1. The first-order valence-corrected chi connectivity index (χ1v) is 10.7. The number of fused-ring (bicyclic) bond motifs is 1. The Hall–Kier alpha value is -3.16. The molecule has 4 rings (SSSR count). The lowest BCUT2D eigenvalue weighted by molar-refractivity contribution is -0.387. The van der Waals surface area contributed by atoms with Crippen LogP contribution in [0.2, 0.25) is 0 Å². The van der Waals surface area contributed by atoms with Gasteiger partial charge in [-0.2, -0.15) is 5.10 Å². The molecule has 0 amide bonds. The minimum atomic E-state index is -4.06. The van der Waals surface area contributed by atoms with Gasteiger partial charge in [0.1, 0.15) is 12.1 Å². The van der Waals surface area contributed by atoms with Gasteiger partial charge >= 0.3 is 0 Å². The number of nitro benzene ring substituents is 1. The summed E-state index contributed by atoms with van der Waals surface area (Å²) in [5.74, 6) is 0.759. The molecule has 30 heavy (non-hydrogen) atoms. The van der Waals surface area contributed by atoms with E-state index in [9.17, 15) is 18.5 Å². The van der Waals surface area contributed by atoms with Crippen molar-refractivity contribution in [3.8, 4) is 0 Å². The van der Waals surface area contributed by atoms with Gasteiger partial charge in [-0.05, 0) is 6.07 Å². The third-order valence-electron chi connectivity index (χ3n) is 4.69. The van der Waals surface area contributed by atoms with Crippen molar-refractivity contribution in [2.24, 2.45) is 0 Å². The van der Waals surface area contributed by atoms with E-state index in [1.807, 2.05) is 0 Å². The fourth-order valence-electron chi connectivity index (χ4n) is 3.27. The second-order valence-electron chi connectivity index (χ2n) is 6.52. The summed E-state index contributed by atoms with van der Waals surface area (Å²) in [6, 6.07) is 5.21. The van der Waals surface area contributed by atoms with E-state index in [0.717, 1.165) is 17.3 Å². The van der Waals surface area contributed by atoms with E-state index in [1.165, 1.54) is 24.5 Å². The molecule has 0 radical (unpaired) electrons. The fraction of sp³-hybridized carbons (Fsp3) is 0.353. The molecule has 0 saturated carbocycles. The van der Waals surface area contributed by atoms with Crippen molar-refractivity contribution in [2.75, 3.05) is 37.7 Å². The summed E-state index contributed by atoms with van der Waals surface area (Å²) in [5, 5.41) is 16.2. The zero-order valence-electron chi connectivity index (χ0n) is 15.8. The van der Waals surface area contributed by atoms with Crippen LogP contribution in [-0.2, 0) is 21.3 Å². The van der Waals surface area contributed by atoms with Gasteiger partial charge in [0.15, 0.2) is 10.5 Å². The molecule has 0 spiro atoms. The number of sulfonamides is 1. The lowest BCUT2D eigenvalue weighted by atomic mass is 10.3. The molecule has 0 aliphatic carbocycles. The topological polar surface area (TPSA) is 145 Å². The first kappa shape index (κ1) is 20.1. The number of nitro groups is 1. The van der Waals surface area contributed by atoms with Crippen LogP contribution in [0.3, 0.4) is 0 Å². The highest BCUT2D eigenvalue weighted by atomic mass is 32.2. The molecule has 1 aliphatic heterocycles. The summed E-state index contributed by atoms with van der Waals surface area (Å²) < 4.78 is 34.4. The molecule has 1 aliphatic rings. The van der Waals surface area contributed by atoms with E-state index in [0.29, 0.717) is 32.0 Å². The standard InChI is InChI=1S/C17H19N7O5S/c25-24(26)14-3-1-2-4-15(14)30(27,28)21-5-6-23-17-13(11-20-23)16(18-12-19-17)22-7-9-29-10-8-22/h1-4,11-12,21H,5-10H2. The molecule has 0 atom stereocenters. The largest absolute Gasteiger partial charge is 0.378 e. The first-order chi connectivity index (χ1) is 14.5. The lowest BCUT2D eigenvalue weighted by Gasteiger charge is -2.27. The number of nitrogens with zero attached hydrogens (tertiary/aromatic N) is 6. The van der Waals surface area contributed by atoms with Crippen molar-refractivity contribution < 1.29 is 18.1 Å². The van der Waals surface area contributed by atoms with Crippen molar-refractivity contribution in [2.45, 2.75) is 11.4 Å². The second kappa shape index (κ2) is 8.30. The summed E-state index contributed by atoms with van der Waals surface area (Å²) in [7, 11) is -4.06. The fourth-order valence-corrected chi connectivity index (χ4v) is 4.46. The molecule has 1 N–H and O–H groups in total. The number of anilines is 1. The van der Waals surface area contributed by atoms with Crippen LogP contribution in [0.4, 0.5) is 11.5 Å². The highest BCUT2D eigenvalue weighted by molar-refractivity contribution is 7.89. The van der Waals surface area contributed by atoms with Gasteiger partial charge in [0.2, 0.25) is 10.0 Å². The van der Waals surface area contributed by atoms with Crippen LogP contribution in [-0.4, -0.2) is 65.9 Å². The Bertz CT molecular complexity index is 1170. The average molecular weight is 433 g/mol. The van der Waals surface area contributed by atoms with Crippen LogP contribution in [0.1, 0.15) is 0 Å². The van der Waals surface area contributed by atoms with Gasteiger partial charge in [-0.25, -0.2) is 27.8 Å². The summed E-state index contributed by atoms with van der Waals surface area (Å²) in [4.78, 5) is 20.7. The van der Waals surface area contributed by atoms with Crippen molar-refractivity contribution in [1.82, 2.24) is 24.5 Å². The van der Waals surface area contributed by atoms with Crippen molar-refractivity contribution in [3.63, 3.8) is 0 Å². The van der Waals surface area contributed by atoms with Crippen LogP contribution in [0, 0.1) is 10.1 Å². The van der Waals surface area contributed by atoms with Gasteiger partial charge in [-0.3, -0.25) is 10.1 Å². The van der Waals surface area contributed by atoms with Gasteiger partial charge in [0.05, 0.1) is 36.3 Å². The first-order valence-electron chi connectivity index (χ1n) is 9.19. The molecule has 12 nitrogen and oxygen atoms in total. The number of nitrogens with one attached hydrogen (secondary N) is 1. The van der Waals surface area contributed by atoms with E-state index in [1.54, 1.807) is 10.9 Å². The molecule has 3 aromatic rings. The van der Waals surface area contributed by atoms with Crippen LogP contribution < -0.4 is 9.62 Å². The van der Waals surface area contributed by atoms with Crippen LogP contribution >= 0.6 is 0 Å². The molecule has 1 fully saturated rings. The molecule has 2 aromatic heterocycles. The summed E-state index contributed by atoms with van der Waals surface area (Å²) in [5.41, 5.74) is 0.105. The number of rotatable bonds is 7. The minimum absolute atomic E-state index is 0.0119. The van der Waals surface area contributed by atoms with Crippen molar-refractivity contribution in [3.05, 3.63) is 46.9 Å². The summed E-state index contributed by atoms with van der Waals surface area (Å²) >= 11 is 0. The Morgan fingerprint density at radius 1 is 1.20 bits per heavy atom. The van der Waals surface area contributed by atoms with Gasteiger partial charge in [-0.1, -0.05) is 12.1 Å². The minimum Gasteiger partial charge on any atom is -0.378 e. The smallest absolute Gasteiger partial charge is 0.289 e. The lowest BCUT2D eigenvalue weighted by Crippen LogP contribution is -2.36. The predicted octanol–water partition coefficient (Wildman–Crippen LogP) is 0.550. The molecule has 3 heterocycles. The van der Waals surface area contributed by atoms with Crippen LogP contribution in [0.15, 0.2) is 41.7 Å². The van der Waals surface area contributed by atoms with Crippen LogP contribution in [0.25, 0.3) is 11.0 Å². The van der Waals surface area contributed by atoms with Gasteiger partial charge in [-0.15, -0.1) is 0 Å². The maximum Gasteiger partial charge on any atom is 0.289 e. The quantitative estimate of drug-likeness (QED) is 0.417. The SMILES string of the molecule is O=[N+]([O-])c1ccccc1S(=O)(=O)NCCn1ncc2c(N3CCOCC3)ncnc21. The van der Waals surface area contributed by atoms with Gasteiger partial charge in [0, 0.05) is 25.7 Å². The Labute approximate surface area is 171 Å². The zero-order chi connectivity index (χ0) is 21.1.